The smallest absolute Gasteiger partial charge is 0.352 e. The van der Waals surface area contributed by atoms with Crippen LogP contribution in [0.15, 0.2) is 18.2 Å². The fourth-order valence-corrected chi connectivity index (χ4v) is 5.41. The summed E-state index contributed by atoms with van der Waals surface area (Å²) in [6.45, 7) is 5.00. The number of piperazine rings is 1. The number of rotatable bonds is 3. The van der Waals surface area contributed by atoms with Gasteiger partial charge in [0.1, 0.15) is 16.5 Å². The molecule has 5 nitrogen and oxygen atoms in total. The lowest BCUT2D eigenvalue weighted by Crippen LogP contribution is -2.49. The quantitative estimate of drug-likeness (QED) is 0.381. The van der Waals surface area contributed by atoms with Crippen LogP contribution < -0.4 is 4.90 Å². The van der Waals surface area contributed by atoms with Gasteiger partial charge < -0.3 is 9.80 Å². The average Bonchev–Trinajstić information content (AvgIpc) is 3.63. The second kappa shape index (κ2) is 8.60. The monoisotopic (exact) mass is 528 g/mol. The van der Waals surface area contributed by atoms with Gasteiger partial charge in [0.05, 0.1) is 16.5 Å². The highest BCUT2D eigenvalue weighted by atomic mass is 32.1. The van der Waals surface area contributed by atoms with Gasteiger partial charge in [-0.15, -0.1) is 11.3 Å². The van der Waals surface area contributed by atoms with Crippen LogP contribution in [0.2, 0.25) is 0 Å². The van der Waals surface area contributed by atoms with E-state index in [1.807, 2.05) is 18.7 Å². The first-order valence-corrected chi connectivity index (χ1v) is 12.3. The number of halogens is 6. The Morgan fingerprint density at radius 2 is 1.50 bits per heavy atom. The number of alkyl halides is 6. The zero-order valence-electron chi connectivity index (χ0n) is 19.4. The number of carbonyl (C=O) groups is 1. The van der Waals surface area contributed by atoms with Crippen LogP contribution in [0.3, 0.4) is 0 Å². The maximum Gasteiger partial charge on any atom is 0.416 e. The number of carbonyl (C=O) groups excluding carboxylic acids is 1. The van der Waals surface area contributed by atoms with Crippen LogP contribution in [-0.2, 0) is 12.4 Å². The standard InChI is InChI=1S/C24H22F6N4OS/c1-12-13(2)36-21-18(12)20(31-19(32-21)14-3-4-14)33-5-7-34(8-6-33)22(35)15-9-16(23(25,26)27)11-17(10-15)24(28,29)30/h9-11,14H,3-8H2,1-2H3. The number of benzene rings is 1. The van der Waals surface area contributed by atoms with Crippen molar-refractivity contribution < 1.29 is 31.1 Å². The van der Waals surface area contributed by atoms with Crippen LogP contribution in [0.25, 0.3) is 10.2 Å². The molecule has 0 atom stereocenters. The van der Waals surface area contributed by atoms with E-state index in [0.29, 0.717) is 31.1 Å². The summed E-state index contributed by atoms with van der Waals surface area (Å²) < 4.78 is 79.4. The number of aryl methyl sites for hydroxylation is 2. The van der Waals surface area contributed by atoms with E-state index in [2.05, 4.69) is 0 Å². The molecule has 12 heteroatoms. The second-order valence-electron chi connectivity index (χ2n) is 9.22. The lowest BCUT2D eigenvalue weighted by atomic mass is 10.0. The molecular formula is C24H22F6N4OS. The highest BCUT2D eigenvalue weighted by molar-refractivity contribution is 7.18. The highest BCUT2D eigenvalue weighted by Gasteiger charge is 2.38. The molecule has 0 radical (unpaired) electrons. The van der Waals surface area contributed by atoms with E-state index in [0.717, 1.165) is 45.1 Å². The summed E-state index contributed by atoms with van der Waals surface area (Å²) >= 11 is 1.60. The third-order valence-electron chi connectivity index (χ3n) is 6.67. The van der Waals surface area contributed by atoms with Crippen molar-refractivity contribution in [2.24, 2.45) is 0 Å². The molecule has 192 valence electrons. The molecule has 36 heavy (non-hydrogen) atoms. The number of aromatic nitrogens is 2. The lowest BCUT2D eigenvalue weighted by molar-refractivity contribution is -0.143. The fraction of sp³-hybridized carbons (Fsp3) is 0.458. The van der Waals surface area contributed by atoms with Gasteiger partial charge in [-0.2, -0.15) is 26.3 Å². The van der Waals surface area contributed by atoms with Gasteiger partial charge in [0.2, 0.25) is 0 Å². The van der Waals surface area contributed by atoms with Gasteiger partial charge in [0.15, 0.2) is 0 Å². The predicted molar refractivity (Wildman–Crippen MR) is 123 cm³/mol. The zero-order chi connectivity index (χ0) is 26.0. The molecule has 5 rings (SSSR count). The number of fused-ring (bicyclic) bond motifs is 1. The molecule has 1 saturated carbocycles. The summed E-state index contributed by atoms with van der Waals surface area (Å²) in [5.74, 6) is 1.04. The molecule has 1 aliphatic carbocycles. The first kappa shape index (κ1) is 24.8. The van der Waals surface area contributed by atoms with E-state index in [4.69, 9.17) is 9.97 Å². The van der Waals surface area contributed by atoms with Crippen LogP contribution in [-0.4, -0.2) is 47.0 Å². The van der Waals surface area contributed by atoms with Crippen molar-refractivity contribution in [2.75, 3.05) is 31.1 Å². The Morgan fingerprint density at radius 1 is 0.917 bits per heavy atom. The third kappa shape index (κ3) is 4.62. The SMILES string of the molecule is Cc1sc2nc(C3CC3)nc(N3CCN(C(=O)c4cc(C(F)(F)F)cc(C(F)(F)F)c4)CC3)c2c1C. The van der Waals surface area contributed by atoms with Gasteiger partial charge in [-0.1, -0.05) is 0 Å². The van der Waals surface area contributed by atoms with Gasteiger partial charge in [0.25, 0.3) is 5.91 Å². The third-order valence-corrected chi connectivity index (χ3v) is 7.77. The van der Waals surface area contributed by atoms with Crippen molar-refractivity contribution in [1.29, 1.82) is 0 Å². The fourth-order valence-electron chi connectivity index (χ4n) is 4.38. The number of anilines is 1. The Balaban J connectivity index is 1.40. The van der Waals surface area contributed by atoms with Crippen LogP contribution in [0, 0.1) is 13.8 Å². The molecule has 1 aliphatic heterocycles. The molecule has 3 aromatic rings. The van der Waals surface area contributed by atoms with E-state index >= 15 is 0 Å². The van der Waals surface area contributed by atoms with Crippen molar-refractivity contribution in [1.82, 2.24) is 14.9 Å². The maximum atomic E-state index is 13.2. The van der Waals surface area contributed by atoms with E-state index in [9.17, 15) is 31.1 Å². The first-order chi connectivity index (χ1) is 16.8. The Morgan fingerprint density at radius 3 is 2.03 bits per heavy atom. The van der Waals surface area contributed by atoms with Crippen molar-refractivity contribution in [3.8, 4) is 0 Å². The Bertz CT molecular complexity index is 1300. The van der Waals surface area contributed by atoms with Gasteiger partial charge in [-0.05, 0) is 50.5 Å². The minimum atomic E-state index is -5.01. The van der Waals surface area contributed by atoms with Gasteiger partial charge >= 0.3 is 12.4 Å². The predicted octanol–water partition coefficient (Wildman–Crippen LogP) is 6.19. The van der Waals surface area contributed by atoms with Crippen molar-refractivity contribution in [2.45, 2.75) is 45.0 Å². The molecule has 0 spiro atoms. The molecule has 0 bridgehead atoms. The number of thiophene rings is 1. The summed E-state index contributed by atoms with van der Waals surface area (Å²) in [6.07, 6.45) is -7.95. The number of amides is 1. The molecular weight excluding hydrogens is 506 g/mol. The van der Waals surface area contributed by atoms with Crippen molar-refractivity contribution in [3.63, 3.8) is 0 Å². The van der Waals surface area contributed by atoms with E-state index in [-0.39, 0.29) is 19.2 Å². The molecule has 2 aromatic heterocycles. The van der Waals surface area contributed by atoms with Gasteiger partial charge in [0, 0.05) is 42.5 Å². The summed E-state index contributed by atoms with van der Waals surface area (Å²) in [7, 11) is 0. The summed E-state index contributed by atoms with van der Waals surface area (Å²) in [4.78, 5) is 27.9. The lowest BCUT2D eigenvalue weighted by Gasteiger charge is -2.36. The first-order valence-electron chi connectivity index (χ1n) is 11.4. The van der Waals surface area contributed by atoms with E-state index in [1.165, 1.54) is 4.90 Å². The number of hydrogen-bond donors (Lipinski definition) is 0. The normalized spacial score (nSPS) is 17.2. The van der Waals surface area contributed by atoms with E-state index in [1.54, 1.807) is 11.3 Å². The topological polar surface area (TPSA) is 49.3 Å². The van der Waals surface area contributed by atoms with Crippen molar-refractivity contribution in [3.05, 3.63) is 51.2 Å². The Labute approximate surface area is 206 Å². The molecule has 2 fully saturated rings. The summed E-state index contributed by atoms with van der Waals surface area (Å²) in [5.41, 5.74) is -2.55. The summed E-state index contributed by atoms with van der Waals surface area (Å²) in [5, 5.41) is 0.953. The summed E-state index contributed by atoms with van der Waals surface area (Å²) in [6, 6.07) is 0.992. The Kier molecular flexibility index (Phi) is 5.92. The number of hydrogen-bond acceptors (Lipinski definition) is 5. The molecule has 2 aliphatic rings. The Hall–Kier alpha value is -2.89. The molecule has 0 unspecified atom stereocenters. The molecule has 1 aromatic carbocycles. The molecule has 3 heterocycles. The molecule has 0 N–H and O–H groups in total. The van der Waals surface area contributed by atoms with E-state index < -0.39 is 35.0 Å². The molecule has 1 amide bonds. The zero-order valence-corrected chi connectivity index (χ0v) is 20.2. The molecule has 1 saturated heterocycles. The van der Waals surface area contributed by atoms with Gasteiger partial charge in [-0.3, -0.25) is 4.79 Å². The maximum absolute atomic E-state index is 13.2. The van der Waals surface area contributed by atoms with Crippen LogP contribution in [0.4, 0.5) is 32.2 Å². The number of nitrogens with zero attached hydrogens (tertiary/aromatic N) is 4. The average molecular weight is 529 g/mol. The second-order valence-corrected chi connectivity index (χ2v) is 10.4. The van der Waals surface area contributed by atoms with Crippen molar-refractivity contribution >= 4 is 33.3 Å². The van der Waals surface area contributed by atoms with Crippen LogP contribution in [0.1, 0.15) is 56.5 Å². The van der Waals surface area contributed by atoms with Crippen LogP contribution in [0.5, 0.6) is 0 Å². The highest BCUT2D eigenvalue weighted by Crippen LogP contribution is 2.42. The van der Waals surface area contributed by atoms with Gasteiger partial charge in [-0.25, -0.2) is 9.97 Å². The minimum Gasteiger partial charge on any atom is -0.352 e. The van der Waals surface area contributed by atoms with Crippen LogP contribution >= 0.6 is 11.3 Å². The largest absolute Gasteiger partial charge is 0.416 e. The minimum absolute atomic E-state index is 0.0255.